The van der Waals surface area contributed by atoms with Crippen LogP contribution in [0.3, 0.4) is 0 Å². The fraction of sp³-hybridized carbons (Fsp3) is 0.400. The molecular weight excluding hydrogens is 222 g/mol. The normalized spacial score (nSPS) is 12.6. The molecule has 2 rings (SSSR count). The van der Waals surface area contributed by atoms with Gasteiger partial charge in [-0.3, -0.25) is 4.68 Å². The molecule has 3 heteroatoms. The van der Waals surface area contributed by atoms with Gasteiger partial charge in [0.25, 0.3) is 0 Å². The Bertz CT molecular complexity index is 462. The van der Waals surface area contributed by atoms with Crippen molar-refractivity contribution in [2.45, 2.75) is 25.3 Å². The van der Waals surface area contributed by atoms with Crippen molar-refractivity contribution < 1.29 is 0 Å². The first-order valence-corrected chi connectivity index (χ1v) is 6.49. The summed E-state index contributed by atoms with van der Waals surface area (Å²) in [6, 6.07) is 11.1. The number of benzene rings is 1. The zero-order chi connectivity index (χ0) is 12.8. The van der Waals surface area contributed by atoms with Crippen molar-refractivity contribution in [1.82, 2.24) is 15.1 Å². The first-order valence-electron chi connectivity index (χ1n) is 6.49. The molecule has 2 aromatic rings. The largest absolute Gasteiger partial charge is 0.313 e. The van der Waals surface area contributed by atoms with Crippen LogP contribution in [0.4, 0.5) is 0 Å². The van der Waals surface area contributed by atoms with Crippen LogP contribution in [0.25, 0.3) is 0 Å². The monoisotopic (exact) mass is 243 g/mol. The average molecular weight is 243 g/mol. The van der Waals surface area contributed by atoms with Gasteiger partial charge in [0.05, 0.1) is 6.20 Å². The smallest absolute Gasteiger partial charge is 0.0537 e. The summed E-state index contributed by atoms with van der Waals surface area (Å²) in [6.07, 6.45) is 7.49. The van der Waals surface area contributed by atoms with Crippen molar-refractivity contribution in [2.75, 3.05) is 7.05 Å². The molecular formula is C15H21N3. The molecule has 3 nitrogen and oxygen atoms in total. The molecule has 0 aliphatic carbocycles. The maximum absolute atomic E-state index is 4.23. The molecule has 0 saturated heterocycles. The summed E-state index contributed by atoms with van der Waals surface area (Å²) in [5.41, 5.74) is 2.69. The van der Waals surface area contributed by atoms with Crippen LogP contribution in [0.2, 0.25) is 0 Å². The molecule has 0 aliphatic heterocycles. The molecule has 1 N–H and O–H groups in total. The van der Waals surface area contributed by atoms with Crippen LogP contribution >= 0.6 is 0 Å². The first kappa shape index (κ1) is 12.8. The summed E-state index contributed by atoms with van der Waals surface area (Å²) in [6.45, 7) is 0. The van der Waals surface area contributed by atoms with E-state index in [-0.39, 0.29) is 0 Å². The maximum Gasteiger partial charge on any atom is 0.0537 e. The molecule has 0 amide bonds. The lowest BCUT2D eigenvalue weighted by atomic mass is 10.0. The second kappa shape index (κ2) is 6.36. The number of hydrogen-bond donors (Lipinski definition) is 1. The zero-order valence-electron chi connectivity index (χ0n) is 11.1. The number of nitrogens with zero attached hydrogens (tertiary/aromatic N) is 2. The van der Waals surface area contributed by atoms with Gasteiger partial charge in [-0.05, 0) is 31.9 Å². The van der Waals surface area contributed by atoms with E-state index in [0.717, 1.165) is 12.8 Å². The van der Waals surface area contributed by atoms with Crippen LogP contribution in [0.1, 0.15) is 30.0 Å². The minimum absolute atomic E-state index is 0.405. The van der Waals surface area contributed by atoms with Crippen LogP contribution in [0.15, 0.2) is 42.7 Å². The molecule has 1 unspecified atom stereocenters. The lowest BCUT2D eigenvalue weighted by Gasteiger charge is -2.14. The predicted octanol–water partition coefficient (Wildman–Crippen LogP) is 2.70. The van der Waals surface area contributed by atoms with Crippen LogP contribution < -0.4 is 5.32 Å². The van der Waals surface area contributed by atoms with Gasteiger partial charge in [-0.25, -0.2) is 0 Å². The Morgan fingerprint density at radius 2 is 2.06 bits per heavy atom. The van der Waals surface area contributed by atoms with E-state index in [0.29, 0.717) is 6.04 Å². The predicted molar refractivity (Wildman–Crippen MR) is 74.4 cm³/mol. The summed E-state index contributed by atoms with van der Waals surface area (Å²) in [7, 11) is 3.97. The Kier molecular flexibility index (Phi) is 4.53. The van der Waals surface area contributed by atoms with Crippen molar-refractivity contribution in [3.63, 3.8) is 0 Å². The summed E-state index contributed by atoms with van der Waals surface area (Å²) in [4.78, 5) is 0. The minimum atomic E-state index is 0.405. The van der Waals surface area contributed by atoms with Crippen molar-refractivity contribution in [3.05, 3.63) is 53.9 Å². The fourth-order valence-electron chi connectivity index (χ4n) is 2.25. The van der Waals surface area contributed by atoms with E-state index in [4.69, 9.17) is 0 Å². The highest BCUT2D eigenvalue weighted by molar-refractivity contribution is 5.15. The molecule has 96 valence electrons. The Hall–Kier alpha value is -1.61. The number of aromatic nitrogens is 2. The standard InChI is InChI=1S/C15H21N3/c1-16-15(14-11-17-18(2)12-14)10-6-9-13-7-4-3-5-8-13/h3-5,7-8,11-12,15-16H,6,9-10H2,1-2H3. The third-order valence-corrected chi connectivity index (χ3v) is 3.28. The Labute approximate surface area is 109 Å². The van der Waals surface area contributed by atoms with Crippen LogP contribution in [-0.2, 0) is 13.5 Å². The van der Waals surface area contributed by atoms with Crippen molar-refractivity contribution in [1.29, 1.82) is 0 Å². The van der Waals surface area contributed by atoms with Gasteiger partial charge in [-0.1, -0.05) is 30.3 Å². The molecule has 1 atom stereocenters. The summed E-state index contributed by atoms with van der Waals surface area (Å²) < 4.78 is 1.86. The molecule has 1 aromatic heterocycles. The SMILES string of the molecule is CNC(CCCc1ccccc1)c1cnn(C)c1. The molecule has 0 bridgehead atoms. The lowest BCUT2D eigenvalue weighted by Crippen LogP contribution is -2.16. The minimum Gasteiger partial charge on any atom is -0.313 e. The number of rotatable bonds is 6. The molecule has 1 heterocycles. The van der Waals surface area contributed by atoms with E-state index in [2.05, 4.69) is 46.9 Å². The van der Waals surface area contributed by atoms with Gasteiger partial charge in [-0.2, -0.15) is 5.10 Å². The number of nitrogens with one attached hydrogen (secondary N) is 1. The van der Waals surface area contributed by atoms with Gasteiger partial charge >= 0.3 is 0 Å². The second-order valence-corrected chi connectivity index (χ2v) is 4.67. The maximum atomic E-state index is 4.23. The van der Waals surface area contributed by atoms with Gasteiger partial charge in [0.1, 0.15) is 0 Å². The highest BCUT2D eigenvalue weighted by Crippen LogP contribution is 2.18. The third kappa shape index (κ3) is 3.44. The molecule has 0 radical (unpaired) electrons. The summed E-state index contributed by atoms with van der Waals surface area (Å²) in [5.74, 6) is 0. The van der Waals surface area contributed by atoms with Gasteiger partial charge in [0.2, 0.25) is 0 Å². The number of aryl methyl sites for hydroxylation is 2. The lowest BCUT2D eigenvalue weighted by molar-refractivity contribution is 0.526. The summed E-state index contributed by atoms with van der Waals surface area (Å²) >= 11 is 0. The fourth-order valence-corrected chi connectivity index (χ4v) is 2.25. The van der Waals surface area contributed by atoms with E-state index in [1.165, 1.54) is 17.5 Å². The van der Waals surface area contributed by atoms with Crippen molar-refractivity contribution in [3.8, 4) is 0 Å². The second-order valence-electron chi connectivity index (χ2n) is 4.67. The molecule has 0 spiro atoms. The van der Waals surface area contributed by atoms with Crippen molar-refractivity contribution in [2.24, 2.45) is 7.05 Å². The Balaban J connectivity index is 1.85. The van der Waals surface area contributed by atoms with E-state index in [9.17, 15) is 0 Å². The molecule has 18 heavy (non-hydrogen) atoms. The highest BCUT2D eigenvalue weighted by atomic mass is 15.2. The average Bonchev–Trinajstić information content (AvgIpc) is 2.82. The van der Waals surface area contributed by atoms with Crippen LogP contribution in [0, 0.1) is 0 Å². The third-order valence-electron chi connectivity index (χ3n) is 3.28. The quantitative estimate of drug-likeness (QED) is 0.845. The van der Waals surface area contributed by atoms with Crippen LogP contribution in [-0.4, -0.2) is 16.8 Å². The Morgan fingerprint density at radius 3 is 2.67 bits per heavy atom. The molecule has 0 fully saturated rings. The van der Waals surface area contributed by atoms with E-state index in [1.54, 1.807) is 0 Å². The van der Waals surface area contributed by atoms with Gasteiger partial charge in [-0.15, -0.1) is 0 Å². The first-order chi connectivity index (χ1) is 8.79. The van der Waals surface area contributed by atoms with Crippen molar-refractivity contribution >= 4 is 0 Å². The topological polar surface area (TPSA) is 29.9 Å². The highest BCUT2D eigenvalue weighted by Gasteiger charge is 2.10. The van der Waals surface area contributed by atoms with Gasteiger partial charge in [0.15, 0.2) is 0 Å². The molecule has 1 aromatic carbocycles. The molecule has 0 saturated carbocycles. The van der Waals surface area contributed by atoms with Gasteiger partial charge in [0, 0.05) is 24.8 Å². The van der Waals surface area contributed by atoms with E-state index < -0.39 is 0 Å². The van der Waals surface area contributed by atoms with Gasteiger partial charge < -0.3 is 5.32 Å². The zero-order valence-corrected chi connectivity index (χ0v) is 11.1. The number of hydrogen-bond acceptors (Lipinski definition) is 2. The summed E-state index contributed by atoms with van der Waals surface area (Å²) in [5, 5.41) is 7.59. The van der Waals surface area contributed by atoms with E-state index in [1.807, 2.05) is 25.0 Å². The molecule has 0 aliphatic rings. The van der Waals surface area contributed by atoms with Crippen LogP contribution in [0.5, 0.6) is 0 Å². The Morgan fingerprint density at radius 1 is 1.28 bits per heavy atom. The van der Waals surface area contributed by atoms with E-state index >= 15 is 0 Å².